The van der Waals surface area contributed by atoms with Crippen LogP contribution in [0.4, 0.5) is 13.2 Å². The molecule has 4 rings (SSSR count). The van der Waals surface area contributed by atoms with Crippen LogP contribution >= 0.6 is 0 Å². The average Bonchev–Trinajstić information content (AvgIpc) is 2.90. The number of alkyl halides is 3. The summed E-state index contributed by atoms with van der Waals surface area (Å²) in [6.07, 6.45) is 4.11. The molecule has 1 amide bonds. The van der Waals surface area contributed by atoms with Crippen molar-refractivity contribution in [1.82, 2.24) is 20.3 Å². The number of rotatable bonds is 9. The number of halogens is 3. The number of amides is 1. The standard InChI is InChI=1S/C28H27F3N4O3/c1-17(18-12-14-32-15-13-18)33-27(38)20-8-11-22-24(16-20)34-23(4-2-3-5-25(36)37)26(35-22)19-6-9-21(10-7-19)28(29,30)31/h6,8-17,19H,2-5,7H2,1H3,(H,33,38)(H,36,37). The van der Waals surface area contributed by atoms with E-state index in [0.29, 0.717) is 47.2 Å². The van der Waals surface area contributed by atoms with E-state index in [1.807, 2.05) is 19.1 Å². The number of unbranched alkanes of at least 4 members (excludes halogenated alkanes) is 1. The highest BCUT2D eigenvalue weighted by Gasteiger charge is 2.33. The number of carboxylic acids is 1. The minimum Gasteiger partial charge on any atom is -0.481 e. The first-order valence-electron chi connectivity index (χ1n) is 12.3. The van der Waals surface area contributed by atoms with E-state index in [2.05, 4.69) is 10.3 Å². The number of carbonyl (C=O) groups is 2. The quantitative estimate of drug-likeness (QED) is 0.341. The zero-order valence-corrected chi connectivity index (χ0v) is 20.7. The highest BCUT2D eigenvalue weighted by atomic mass is 19.4. The molecule has 3 aromatic rings. The van der Waals surface area contributed by atoms with Crippen molar-refractivity contribution >= 4 is 22.9 Å². The lowest BCUT2D eigenvalue weighted by atomic mass is 9.91. The van der Waals surface area contributed by atoms with Crippen molar-refractivity contribution in [3.8, 4) is 0 Å². The number of pyridine rings is 1. The number of carbonyl (C=O) groups excluding carboxylic acids is 1. The van der Waals surface area contributed by atoms with E-state index in [4.69, 9.17) is 15.1 Å². The lowest BCUT2D eigenvalue weighted by Gasteiger charge is -2.20. The molecular weight excluding hydrogens is 497 g/mol. The lowest BCUT2D eigenvalue weighted by Crippen LogP contribution is -2.26. The van der Waals surface area contributed by atoms with Gasteiger partial charge in [-0.1, -0.05) is 18.2 Å². The van der Waals surface area contributed by atoms with Gasteiger partial charge in [-0.05, 0) is 68.5 Å². The minimum absolute atomic E-state index is 0.0112. The Kier molecular flexibility index (Phi) is 8.19. The van der Waals surface area contributed by atoms with Gasteiger partial charge in [-0.15, -0.1) is 0 Å². The topological polar surface area (TPSA) is 105 Å². The Hall–Kier alpha value is -4.08. The van der Waals surface area contributed by atoms with Crippen molar-refractivity contribution in [3.05, 3.63) is 89.0 Å². The summed E-state index contributed by atoms with van der Waals surface area (Å²) < 4.78 is 39.2. The number of carboxylic acid groups (broad SMARTS) is 1. The molecule has 0 radical (unpaired) electrons. The van der Waals surface area contributed by atoms with Crippen LogP contribution in [0.1, 0.15) is 71.9 Å². The van der Waals surface area contributed by atoms with Crippen molar-refractivity contribution < 1.29 is 27.9 Å². The molecule has 0 bridgehead atoms. The van der Waals surface area contributed by atoms with Crippen LogP contribution in [0.2, 0.25) is 0 Å². The molecule has 38 heavy (non-hydrogen) atoms. The van der Waals surface area contributed by atoms with Crippen molar-refractivity contribution in [2.45, 2.75) is 57.2 Å². The number of aromatic nitrogens is 3. The normalized spacial score (nSPS) is 16.2. The van der Waals surface area contributed by atoms with Gasteiger partial charge in [-0.25, -0.2) is 9.97 Å². The van der Waals surface area contributed by atoms with Gasteiger partial charge >= 0.3 is 12.1 Å². The van der Waals surface area contributed by atoms with Crippen LogP contribution in [0.15, 0.2) is 66.5 Å². The molecule has 2 aromatic heterocycles. The highest BCUT2D eigenvalue weighted by molar-refractivity contribution is 5.97. The van der Waals surface area contributed by atoms with Crippen molar-refractivity contribution in [1.29, 1.82) is 0 Å². The number of nitrogens with zero attached hydrogens (tertiary/aromatic N) is 3. The third-order valence-corrected chi connectivity index (χ3v) is 6.42. The molecular formula is C28H27F3N4O3. The average molecular weight is 525 g/mol. The Morgan fingerprint density at radius 2 is 1.87 bits per heavy atom. The van der Waals surface area contributed by atoms with E-state index in [1.54, 1.807) is 30.6 Å². The number of allylic oxidation sites excluding steroid dienone is 4. The number of aryl methyl sites for hydroxylation is 1. The summed E-state index contributed by atoms with van der Waals surface area (Å²) in [4.78, 5) is 37.3. The van der Waals surface area contributed by atoms with Gasteiger partial charge in [0, 0.05) is 30.3 Å². The van der Waals surface area contributed by atoms with Gasteiger partial charge in [0.05, 0.1) is 34.0 Å². The maximum Gasteiger partial charge on any atom is 0.416 e. The van der Waals surface area contributed by atoms with Gasteiger partial charge in [0.1, 0.15) is 0 Å². The predicted molar refractivity (Wildman–Crippen MR) is 135 cm³/mol. The summed E-state index contributed by atoms with van der Waals surface area (Å²) in [5.41, 5.74) is 2.76. The zero-order valence-electron chi connectivity index (χ0n) is 20.7. The number of nitrogens with one attached hydrogen (secondary N) is 1. The molecule has 2 N–H and O–H groups in total. The van der Waals surface area contributed by atoms with Crippen LogP contribution in [-0.2, 0) is 11.2 Å². The Morgan fingerprint density at radius 1 is 1.11 bits per heavy atom. The monoisotopic (exact) mass is 524 g/mol. The van der Waals surface area contributed by atoms with E-state index in [1.165, 1.54) is 6.08 Å². The molecule has 10 heteroatoms. The molecule has 2 atom stereocenters. The van der Waals surface area contributed by atoms with E-state index >= 15 is 0 Å². The van der Waals surface area contributed by atoms with Gasteiger partial charge in [0.15, 0.2) is 0 Å². The Labute approximate surface area is 217 Å². The van der Waals surface area contributed by atoms with Crippen molar-refractivity contribution in [2.24, 2.45) is 0 Å². The second-order valence-corrected chi connectivity index (χ2v) is 9.19. The van der Waals surface area contributed by atoms with Gasteiger partial charge in [-0.2, -0.15) is 13.2 Å². The number of fused-ring (bicyclic) bond motifs is 1. The highest BCUT2D eigenvalue weighted by Crippen LogP contribution is 2.35. The predicted octanol–water partition coefficient (Wildman–Crippen LogP) is 5.85. The third kappa shape index (κ3) is 6.62. The van der Waals surface area contributed by atoms with Crippen LogP contribution in [-0.4, -0.2) is 38.1 Å². The molecule has 2 unspecified atom stereocenters. The van der Waals surface area contributed by atoms with Crippen LogP contribution in [0, 0.1) is 0 Å². The molecule has 0 saturated heterocycles. The van der Waals surface area contributed by atoms with Crippen molar-refractivity contribution in [2.75, 3.05) is 0 Å². The Morgan fingerprint density at radius 3 is 2.53 bits per heavy atom. The second kappa shape index (κ2) is 11.5. The number of aliphatic carboxylic acids is 1. The van der Waals surface area contributed by atoms with Crippen LogP contribution in [0.3, 0.4) is 0 Å². The fourth-order valence-corrected chi connectivity index (χ4v) is 4.34. The fraction of sp³-hybridized carbons (Fsp3) is 0.321. The first-order valence-corrected chi connectivity index (χ1v) is 12.3. The van der Waals surface area contributed by atoms with Crippen molar-refractivity contribution in [3.63, 3.8) is 0 Å². The van der Waals surface area contributed by atoms with Crippen LogP contribution in [0.5, 0.6) is 0 Å². The summed E-state index contributed by atoms with van der Waals surface area (Å²) >= 11 is 0. The van der Waals surface area contributed by atoms with Gasteiger partial charge in [-0.3, -0.25) is 14.6 Å². The lowest BCUT2D eigenvalue weighted by molar-refractivity contribution is -0.137. The largest absolute Gasteiger partial charge is 0.481 e. The molecule has 1 aliphatic rings. The summed E-state index contributed by atoms with van der Waals surface area (Å²) in [5, 5.41) is 11.9. The van der Waals surface area contributed by atoms with Crippen LogP contribution in [0.25, 0.3) is 11.0 Å². The maximum atomic E-state index is 13.1. The summed E-state index contributed by atoms with van der Waals surface area (Å²) in [6.45, 7) is 1.87. The number of hydrogen-bond donors (Lipinski definition) is 2. The Bertz CT molecular complexity index is 1390. The van der Waals surface area contributed by atoms with Gasteiger partial charge in [0.2, 0.25) is 0 Å². The number of hydrogen-bond acceptors (Lipinski definition) is 5. The first kappa shape index (κ1) is 27.0. The maximum absolute atomic E-state index is 13.1. The minimum atomic E-state index is -4.41. The van der Waals surface area contributed by atoms with E-state index in [0.717, 1.165) is 17.7 Å². The fourth-order valence-electron chi connectivity index (χ4n) is 4.34. The Balaban J connectivity index is 1.60. The number of benzene rings is 1. The summed E-state index contributed by atoms with van der Waals surface area (Å²) in [5.74, 6) is -1.58. The molecule has 7 nitrogen and oxygen atoms in total. The molecule has 0 spiro atoms. The molecule has 2 heterocycles. The van der Waals surface area contributed by atoms with E-state index in [9.17, 15) is 22.8 Å². The van der Waals surface area contributed by atoms with Crippen LogP contribution < -0.4 is 5.32 Å². The molecule has 0 aliphatic heterocycles. The molecule has 0 saturated carbocycles. The molecule has 198 valence electrons. The van der Waals surface area contributed by atoms with E-state index < -0.39 is 23.6 Å². The SMILES string of the molecule is CC(NC(=O)c1ccc2nc(C3C=CC(C(F)(F)F)=CC3)c(CCCCC(=O)O)nc2c1)c1ccncc1. The first-order chi connectivity index (χ1) is 18.1. The zero-order chi connectivity index (χ0) is 27.3. The molecule has 1 aromatic carbocycles. The summed E-state index contributed by atoms with van der Waals surface area (Å²) in [6, 6.07) is 8.35. The molecule has 1 aliphatic carbocycles. The smallest absolute Gasteiger partial charge is 0.416 e. The van der Waals surface area contributed by atoms with Gasteiger partial charge in [0.25, 0.3) is 5.91 Å². The third-order valence-electron chi connectivity index (χ3n) is 6.42. The van der Waals surface area contributed by atoms with E-state index in [-0.39, 0.29) is 24.8 Å². The van der Waals surface area contributed by atoms with Gasteiger partial charge < -0.3 is 10.4 Å². The second-order valence-electron chi connectivity index (χ2n) is 9.19. The summed E-state index contributed by atoms with van der Waals surface area (Å²) in [7, 11) is 0. The molecule has 0 fully saturated rings.